The van der Waals surface area contributed by atoms with Crippen LogP contribution in [0.3, 0.4) is 0 Å². The third-order valence-electron chi connectivity index (χ3n) is 4.48. The summed E-state index contributed by atoms with van der Waals surface area (Å²) in [6.07, 6.45) is 1.61. The number of likely N-dealkylation sites (tertiary alicyclic amines) is 1. The smallest absolute Gasteiger partial charge is 0.236 e. The van der Waals surface area contributed by atoms with Gasteiger partial charge >= 0.3 is 0 Å². The molecule has 2 fully saturated rings. The molecule has 1 aliphatic carbocycles. The summed E-state index contributed by atoms with van der Waals surface area (Å²) in [4.78, 5) is 29.0. The highest BCUT2D eigenvalue weighted by Gasteiger charge is 2.53. The van der Waals surface area contributed by atoms with Crippen LogP contribution in [0.25, 0.3) is 0 Å². The van der Waals surface area contributed by atoms with Gasteiger partial charge in [0.05, 0.1) is 5.69 Å². The predicted octanol–water partition coefficient (Wildman–Crippen LogP) is 2.22. The van der Waals surface area contributed by atoms with Gasteiger partial charge in [0.1, 0.15) is 5.92 Å². The SMILES string of the molecule is CC1CC(C)CN(Cc2csc(NC(=O)C3CC3[N+](=O)[O-])n2)C1. The number of piperidine rings is 1. The van der Waals surface area contributed by atoms with Gasteiger partial charge in [-0.15, -0.1) is 11.3 Å². The van der Waals surface area contributed by atoms with Crippen molar-refractivity contribution in [1.82, 2.24) is 9.88 Å². The summed E-state index contributed by atoms with van der Waals surface area (Å²) in [5, 5.41) is 15.8. The van der Waals surface area contributed by atoms with Gasteiger partial charge in [0.15, 0.2) is 5.13 Å². The average molecular weight is 338 g/mol. The Morgan fingerprint density at radius 2 is 2.13 bits per heavy atom. The first-order valence-corrected chi connectivity index (χ1v) is 8.91. The molecule has 1 aliphatic heterocycles. The number of aromatic nitrogens is 1. The van der Waals surface area contributed by atoms with Gasteiger partial charge in [0, 0.05) is 36.4 Å². The van der Waals surface area contributed by atoms with Crippen molar-refractivity contribution < 1.29 is 9.72 Å². The van der Waals surface area contributed by atoms with Crippen molar-refractivity contribution >= 4 is 22.4 Å². The van der Waals surface area contributed by atoms with Gasteiger partial charge in [-0.1, -0.05) is 13.8 Å². The van der Waals surface area contributed by atoms with E-state index in [1.54, 1.807) is 0 Å². The lowest BCUT2D eigenvalue weighted by molar-refractivity contribution is -0.497. The number of nitrogens with zero attached hydrogens (tertiary/aromatic N) is 3. The molecule has 126 valence electrons. The van der Waals surface area contributed by atoms with Crippen LogP contribution in [0.2, 0.25) is 0 Å². The van der Waals surface area contributed by atoms with Crippen molar-refractivity contribution in [3.63, 3.8) is 0 Å². The molecule has 2 aliphatic rings. The molecule has 4 atom stereocenters. The topological polar surface area (TPSA) is 88.4 Å². The minimum atomic E-state index is -0.717. The highest BCUT2D eigenvalue weighted by molar-refractivity contribution is 7.13. The molecule has 2 heterocycles. The zero-order valence-corrected chi connectivity index (χ0v) is 14.2. The molecular weight excluding hydrogens is 316 g/mol. The highest BCUT2D eigenvalue weighted by Crippen LogP contribution is 2.34. The van der Waals surface area contributed by atoms with Crippen molar-refractivity contribution in [3.05, 3.63) is 21.2 Å². The maximum atomic E-state index is 11.9. The molecule has 1 N–H and O–H groups in total. The number of thiazole rings is 1. The minimum absolute atomic E-state index is 0.284. The number of hydrogen-bond donors (Lipinski definition) is 1. The normalized spacial score (nSPS) is 30.9. The molecule has 8 heteroatoms. The van der Waals surface area contributed by atoms with E-state index in [1.807, 2.05) is 5.38 Å². The van der Waals surface area contributed by atoms with Gasteiger partial charge in [-0.25, -0.2) is 4.98 Å². The van der Waals surface area contributed by atoms with Crippen molar-refractivity contribution in [1.29, 1.82) is 0 Å². The Kier molecular flexibility index (Phi) is 4.63. The van der Waals surface area contributed by atoms with Crippen LogP contribution in [0.5, 0.6) is 0 Å². The van der Waals surface area contributed by atoms with Gasteiger partial charge in [0.2, 0.25) is 11.9 Å². The summed E-state index contributed by atoms with van der Waals surface area (Å²) in [6.45, 7) is 7.50. The van der Waals surface area contributed by atoms with Gasteiger partial charge in [-0.3, -0.25) is 19.8 Å². The van der Waals surface area contributed by atoms with Crippen LogP contribution < -0.4 is 5.32 Å². The second-order valence-corrected chi connectivity index (χ2v) is 7.83. The molecule has 0 radical (unpaired) electrons. The summed E-state index contributed by atoms with van der Waals surface area (Å²) < 4.78 is 0. The first-order chi connectivity index (χ1) is 10.9. The van der Waals surface area contributed by atoms with Crippen LogP contribution in [-0.2, 0) is 11.3 Å². The number of nitrogens with one attached hydrogen (secondary N) is 1. The summed E-state index contributed by atoms with van der Waals surface area (Å²) in [5.74, 6) is 0.616. The Morgan fingerprint density at radius 1 is 1.43 bits per heavy atom. The lowest BCUT2D eigenvalue weighted by Gasteiger charge is -2.34. The fourth-order valence-corrected chi connectivity index (χ4v) is 4.19. The zero-order valence-electron chi connectivity index (χ0n) is 13.4. The van der Waals surface area contributed by atoms with Gasteiger partial charge < -0.3 is 5.32 Å². The molecule has 0 spiro atoms. The maximum Gasteiger partial charge on any atom is 0.236 e. The number of carbonyl (C=O) groups excluding carboxylic acids is 1. The third-order valence-corrected chi connectivity index (χ3v) is 5.28. The number of hydrogen-bond acceptors (Lipinski definition) is 6. The number of rotatable bonds is 5. The number of amides is 1. The first-order valence-electron chi connectivity index (χ1n) is 8.03. The van der Waals surface area contributed by atoms with E-state index in [4.69, 9.17) is 0 Å². The van der Waals surface area contributed by atoms with Crippen molar-refractivity contribution in [2.75, 3.05) is 18.4 Å². The Bertz CT molecular complexity index is 595. The van der Waals surface area contributed by atoms with E-state index in [-0.39, 0.29) is 10.8 Å². The van der Waals surface area contributed by atoms with E-state index in [1.165, 1.54) is 17.8 Å². The van der Waals surface area contributed by atoms with Crippen LogP contribution in [0.1, 0.15) is 32.4 Å². The van der Waals surface area contributed by atoms with E-state index in [9.17, 15) is 14.9 Å². The minimum Gasteiger partial charge on any atom is -0.301 e. The molecular formula is C15H22N4O3S. The summed E-state index contributed by atoms with van der Waals surface area (Å²) >= 11 is 1.38. The summed E-state index contributed by atoms with van der Waals surface area (Å²) in [6, 6.07) is -0.717. The largest absolute Gasteiger partial charge is 0.301 e. The molecule has 3 rings (SSSR count). The van der Waals surface area contributed by atoms with Crippen LogP contribution in [0.15, 0.2) is 5.38 Å². The number of anilines is 1. The fourth-order valence-electron chi connectivity index (χ4n) is 3.48. The van der Waals surface area contributed by atoms with Crippen LogP contribution in [0.4, 0.5) is 5.13 Å². The fraction of sp³-hybridized carbons (Fsp3) is 0.733. The molecule has 23 heavy (non-hydrogen) atoms. The molecule has 1 saturated carbocycles. The third kappa shape index (κ3) is 4.06. The molecule has 0 bridgehead atoms. The zero-order chi connectivity index (χ0) is 16.6. The monoisotopic (exact) mass is 338 g/mol. The van der Waals surface area contributed by atoms with Crippen LogP contribution in [-0.4, -0.2) is 39.8 Å². The van der Waals surface area contributed by atoms with Crippen LogP contribution in [0, 0.1) is 27.9 Å². The molecule has 1 aromatic heterocycles. The maximum absolute atomic E-state index is 11.9. The Balaban J connectivity index is 1.52. The van der Waals surface area contributed by atoms with Crippen LogP contribution >= 0.6 is 11.3 Å². The van der Waals surface area contributed by atoms with E-state index < -0.39 is 12.0 Å². The van der Waals surface area contributed by atoms with Gasteiger partial charge in [0.25, 0.3) is 0 Å². The average Bonchev–Trinajstić information content (AvgIpc) is 3.15. The van der Waals surface area contributed by atoms with Crippen molar-refractivity contribution in [2.45, 2.75) is 39.3 Å². The van der Waals surface area contributed by atoms with E-state index in [0.717, 1.165) is 25.3 Å². The summed E-state index contributed by atoms with van der Waals surface area (Å²) in [5.41, 5.74) is 0.952. The number of carbonyl (C=O) groups is 1. The van der Waals surface area contributed by atoms with Gasteiger partial charge in [-0.2, -0.15) is 0 Å². The Labute approximate surface area is 139 Å². The molecule has 1 amide bonds. The molecule has 0 aromatic carbocycles. The lowest BCUT2D eigenvalue weighted by atomic mass is 9.92. The van der Waals surface area contributed by atoms with E-state index >= 15 is 0 Å². The lowest BCUT2D eigenvalue weighted by Crippen LogP contribution is -2.38. The highest BCUT2D eigenvalue weighted by atomic mass is 32.1. The Hall–Kier alpha value is -1.54. The second-order valence-electron chi connectivity index (χ2n) is 6.97. The van der Waals surface area contributed by atoms with Crippen molar-refractivity contribution in [2.24, 2.45) is 17.8 Å². The van der Waals surface area contributed by atoms with Gasteiger partial charge in [-0.05, 0) is 18.3 Å². The Morgan fingerprint density at radius 3 is 2.74 bits per heavy atom. The standard InChI is InChI=1S/C15H22N4O3S/c1-9-3-10(2)6-18(5-9)7-11-8-23-15(16-11)17-14(20)12-4-13(12)19(21)22/h8-10,12-13H,3-7H2,1-2H3,(H,16,17,20). The molecule has 4 unspecified atom stereocenters. The van der Waals surface area contributed by atoms with E-state index in [0.29, 0.717) is 23.4 Å². The van der Waals surface area contributed by atoms with E-state index in [2.05, 4.69) is 29.0 Å². The molecule has 1 aromatic rings. The molecule has 1 saturated heterocycles. The first kappa shape index (κ1) is 16.3. The molecule has 7 nitrogen and oxygen atoms in total. The van der Waals surface area contributed by atoms with Crippen molar-refractivity contribution in [3.8, 4) is 0 Å². The summed E-state index contributed by atoms with van der Waals surface area (Å²) in [7, 11) is 0. The predicted molar refractivity (Wildman–Crippen MR) is 87.9 cm³/mol. The quantitative estimate of drug-likeness (QED) is 0.657. The second kappa shape index (κ2) is 6.52. The number of nitro groups is 1.